The number of ether oxygens (including phenoxy) is 1. The van der Waals surface area contributed by atoms with Gasteiger partial charge in [-0.05, 0) is 30.5 Å². The fraction of sp³-hybridized carbons (Fsp3) is 0.429. The van der Waals surface area contributed by atoms with Crippen molar-refractivity contribution in [1.29, 1.82) is 0 Å². The summed E-state index contributed by atoms with van der Waals surface area (Å²) in [6, 6.07) is 2.52. The summed E-state index contributed by atoms with van der Waals surface area (Å²) in [6.45, 7) is 3.52. The van der Waals surface area contributed by atoms with E-state index in [1.54, 1.807) is 26.0 Å². The van der Waals surface area contributed by atoms with Crippen LogP contribution in [-0.2, 0) is 16.2 Å². The van der Waals surface area contributed by atoms with Gasteiger partial charge in [0.2, 0.25) is 0 Å². The predicted octanol–water partition coefficient (Wildman–Crippen LogP) is 0.846. The molecule has 4 N–H and O–H groups in total. The van der Waals surface area contributed by atoms with Crippen molar-refractivity contribution < 1.29 is 24.5 Å². The van der Waals surface area contributed by atoms with E-state index in [2.05, 4.69) is 0 Å². The molecule has 1 aromatic rings. The molecule has 1 aromatic carbocycles. The molecule has 0 amide bonds. The number of hydrogen-bond donors (Lipinski definition) is 3. The molecule has 1 rings (SSSR count). The summed E-state index contributed by atoms with van der Waals surface area (Å²) in [5, 5.41) is 17.7. The Morgan fingerprint density at radius 3 is 2.38 bits per heavy atom. The molecular formula is C14H19NO5S. The highest BCUT2D eigenvalue weighted by Gasteiger charge is 2.15. The number of carboxylic acid groups (broad SMARTS) is 1. The quantitative estimate of drug-likeness (QED) is 0.505. The summed E-state index contributed by atoms with van der Waals surface area (Å²) >= 11 is 1.12. The van der Waals surface area contributed by atoms with Crippen molar-refractivity contribution in [3.8, 4) is 5.75 Å². The van der Waals surface area contributed by atoms with Gasteiger partial charge in [-0.15, -0.1) is 11.8 Å². The number of aliphatic carboxylic acids is 1. The Bertz CT molecular complexity index is 509. The second-order valence-electron chi connectivity index (χ2n) is 4.65. The number of aryl methyl sites for hydroxylation is 2. The molecule has 7 heteroatoms. The van der Waals surface area contributed by atoms with Gasteiger partial charge >= 0.3 is 11.9 Å². The van der Waals surface area contributed by atoms with Crippen molar-refractivity contribution in [2.75, 3.05) is 11.5 Å². The van der Waals surface area contributed by atoms with E-state index in [-0.39, 0.29) is 18.1 Å². The number of aliphatic hydroxyl groups is 1. The number of benzene rings is 1. The molecule has 6 nitrogen and oxygen atoms in total. The molecule has 0 aliphatic carbocycles. The van der Waals surface area contributed by atoms with Gasteiger partial charge in [-0.25, -0.2) is 0 Å². The van der Waals surface area contributed by atoms with E-state index in [0.717, 1.165) is 28.5 Å². The molecule has 0 saturated carbocycles. The summed E-state index contributed by atoms with van der Waals surface area (Å²) in [4.78, 5) is 22.3. The van der Waals surface area contributed by atoms with E-state index < -0.39 is 18.0 Å². The lowest BCUT2D eigenvalue weighted by molar-refractivity contribution is -0.138. The van der Waals surface area contributed by atoms with Crippen LogP contribution in [0.4, 0.5) is 0 Å². The number of carbonyl (C=O) groups is 2. The van der Waals surface area contributed by atoms with Crippen LogP contribution in [0, 0.1) is 13.8 Å². The van der Waals surface area contributed by atoms with Crippen LogP contribution in [0.3, 0.4) is 0 Å². The van der Waals surface area contributed by atoms with E-state index in [1.165, 1.54) is 0 Å². The minimum absolute atomic E-state index is 0.0294. The van der Waals surface area contributed by atoms with Crippen molar-refractivity contribution in [2.24, 2.45) is 5.73 Å². The lowest BCUT2D eigenvalue weighted by Crippen LogP contribution is -2.33. The van der Waals surface area contributed by atoms with E-state index >= 15 is 0 Å². The SMILES string of the molecule is Cc1cc(CO)cc(C)c1OC(=O)CSCC(N)C(=O)O. The zero-order chi connectivity index (χ0) is 16.0. The Labute approximate surface area is 127 Å². The van der Waals surface area contributed by atoms with Crippen LogP contribution in [0.2, 0.25) is 0 Å². The minimum Gasteiger partial charge on any atom is -0.480 e. The normalized spacial score (nSPS) is 12.0. The predicted molar refractivity (Wildman–Crippen MR) is 80.4 cm³/mol. The first-order valence-corrected chi connectivity index (χ1v) is 7.48. The molecule has 0 spiro atoms. The summed E-state index contributed by atoms with van der Waals surface area (Å²) in [5.41, 5.74) is 7.62. The lowest BCUT2D eigenvalue weighted by Gasteiger charge is -2.12. The number of aliphatic hydroxyl groups excluding tert-OH is 1. The summed E-state index contributed by atoms with van der Waals surface area (Å²) in [7, 11) is 0. The van der Waals surface area contributed by atoms with Crippen LogP contribution in [0.1, 0.15) is 16.7 Å². The maximum Gasteiger partial charge on any atom is 0.321 e. The molecule has 21 heavy (non-hydrogen) atoms. The van der Waals surface area contributed by atoms with E-state index in [0.29, 0.717) is 5.75 Å². The van der Waals surface area contributed by atoms with E-state index in [9.17, 15) is 9.59 Å². The number of carbonyl (C=O) groups excluding carboxylic acids is 1. The van der Waals surface area contributed by atoms with Gasteiger partial charge in [0, 0.05) is 5.75 Å². The second kappa shape index (κ2) is 8.02. The number of esters is 1. The summed E-state index contributed by atoms with van der Waals surface area (Å²) in [5.74, 6) is -0.906. The van der Waals surface area contributed by atoms with Gasteiger partial charge in [0.15, 0.2) is 0 Å². The topological polar surface area (TPSA) is 110 Å². The van der Waals surface area contributed by atoms with Crippen LogP contribution in [0.15, 0.2) is 12.1 Å². The highest BCUT2D eigenvalue weighted by atomic mass is 32.2. The first kappa shape index (κ1) is 17.5. The maximum atomic E-state index is 11.7. The molecule has 0 heterocycles. The number of thioether (sulfide) groups is 1. The third-order valence-electron chi connectivity index (χ3n) is 2.75. The van der Waals surface area contributed by atoms with Crippen LogP contribution in [-0.4, -0.2) is 39.7 Å². The summed E-state index contributed by atoms with van der Waals surface area (Å²) in [6.07, 6.45) is 0. The Kier molecular flexibility index (Phi) is 6.67. The number of hydrogen-bond acceptors (Lipinski definition) is 6. The van der Waals surface area contributed by atoms with Crippen molar-refractivity contribution in [2.45, 2.75) is 26.5 Å². The third-order valence-corrected chi connectivity index (χ3v) is 3.79. The minimum atomic E-state index is -1.10. The van der Waals surface area contributed by atoms with Gasteiger partial charge in [-0.2, -0.15) is 0 Å². The number of carboxylic acids is 1. The molecule has 1 unspecified atom stereocenters. The molecule has 1 atom stereocenters. The monoisotopic (exact) mass is 313 g/mol. The Hall–Kier alpha value is -1.57. The second-order valence-corrected chi connectivity index (χ2v) is 5.68. The average molecular weight is 313 g/mol. The molecule has 0 radical (unpaired) electrons. The van der Waals surface area contributed by atoms with Crippen LogP contribution >= 0.6 is 11.8 Å². The average Bonchev–Trinajstić information content (AvgIpc) is 2.42. The van der Waals surface area contributed by atoms with Crippen LogP contribution in [0.5, 0.6) is 5.75 Å². The van der Waals surface area contributed by atoms with Gasteiger partial charge in [0.05, 0.1) is 12.4 Å². The molecule has 0 aliphatic heterocycles. The zero-order valence-corrected chi connectivity index (χ0v) is 12.8. The summed E-state index contributed by atoms with van der Waals surface area (Å²) < 4.78 is 5.29. The van der Waals surface area contributed by atoms with E-state index in [1.807, 2.05) is 0 Å². The lowest BCUT2D eigenvalue weighted by atomic mass is 10.1. The van der Waals surface area contributed by atoms with Gasteiger partial charge in [-0.3, -0.25) is 9.59 Å². The molecule has 0 aromatic heterocycles. The van der Waals surface area contributed by atoms with Crippen molar-refractivity contribution >= 4 is 23.7 Å². The molecule has 0 saturated heterocycles. The van der Waals surface area contributed by atoms with Gasteiger partial charge in [0.25, 0.3) is 0 Å². The van der Waals surface area contributed by atoms with Gasteiger partial charge < -0.3 is 20.7 Å². The smallest absolute Gasteiger partial charge is 0.321 e. The van der Waals surface area contributed by atoms with Crippen molar-refractivity contribution in [1.82, 2.24) is 0 Å². The fourth-order valence-electron chi connectivity index (χ4n) is 1.78. The Balaban J connectivity index is 2.57. The molecule has 0 fully saturated rings. The molecule has 0 aliphatic rings. The van der Waals surface area contributed by atoms with Gasteiger partial charge in [-0.1, -0.05) is 12.1 Å². The van der Waals surface area contributed by atoms with Crippen LogP contribution < -0.4 is 10.5 Å². The van der Waals surface area contributed by atoms with Crippen molar-refractivity contribution in [3.05, 3.63) is 28.8 Å². The number of rotatable bonds is 7. The standard InChI is InChI=1S/C14H19NO5S/c1-8-3-10(5-16)4-9(2)13(8)20-12(17)7-21-6-11(15)14(18)19/h3-4,11,16H,5-7,15H2,1-2H3,(H,18,19). The highest BCUT2D eigenvalue weighted by molar-refractivity contribution is 8.00. The maximum absolute atomic E-state index is 11.7. The Morgan fingerprint density at radius 1 is 1.33 bits per heavy atom. The first-order valence-electron chi connectivity index (χ1n) is 6.33. The van der Waals surface area contributed by atoms with Gasteiger partial charge in [0.1, 0.15) is 11.8 Å². The molecule has 116 valence electrons. The van der Waals surface area contributed by atoms with E-state index in [4.69, 9.17) is 20.7 Å². The molecular weight excluding hydrogens is 294 g/mol. The largest absolute Gasteiger partial charge is 0.480 e. The van der Waals surface area contributed by atoms with Crippen molar-refractivity contribution in [3.63, 3.8) is 0 Å². The first-order chi connectivity index (χ1) is 9.85. The third kappa shape index (κ3) is 5.37. The highest BCUT2D eigenvalue weighted by Crippen LogP contribution is 2.25. The number of nitrogens with two attached hydrogens (primary N) is 1. The van der Waals surface area contributed by atoms with Crippen LogP contribution in [0.25, 0.3) is 0 Å². The molecule has 0 bridgehead atoms. The Morgan fingerprint density at radius 2 is 1.90 bits per heavy atom. The fourth-order valence-corrected chi connectivity index (χ4v) is 2.52. The zero-order valence-electron chi connectivity index (χ0n) is 12.0.